The van der Waals surface area contributed by atoms with Gasteiger partial charge in [-0.2, -0.15) is 0 Å². The maximum atomic E-state index is 5.41. The third kappa shape index (κ3) is 1.21. The molecule has 0 saturated heterocycles. The second-order valence-corrected chi connectivity index (χ2v) is 4.51. The van der Waals surface area contributed by atoms with E-state index in [1.54, 1.807) is 0 Å². The van der Waals surface area contributed by atoms with Crippen LogP contribution in [0.3, 0.4) is 0 Å². The third-order valence-corrected chi connectivity index (χ3v) is 3.04. The molecule has 0 fully saturated rings. The normalized spacial score (nSPS) is 14.0. The Morgan fingerprint density at radius 2 is 1.81 bits per heavy atom. The number of rotatable bonds is 1. The maximum absolute atomic E-state index is 5.41. The number of aromatic nitrogens is 1. The SMILES string of the molecule is Cc1cc2cc3c(cc2n1C(C)C)OCO3. The maximum Gasteiger partial charge on any atom is 0.231 e. The van der Waals surface area contributed by atoms with Crippen LogP contribution in [-0.4, -0.2) is 11.4 Å². The number of benzene rings is 1. The predicted molar refractivity (Wildman–Crippen MR) is 63.2 cm³/mol. The molecule has 3 heteroatoms. The van der Waals surface area contributed by atoms with E-state index in [0.29, 0.717) is 12.8 Å². The van der Waals surface area contributed by atoms with Gasteiger partial charge < -0.3 is 14.0 Å². The van der Waals surface area contributed by atoms with E-state index in [1.807, 2.05) is 0 Å². The first kappa shape index (κ1) is 9.58. The third-order valence-electron chi connectivity index (χ3n) is 3.04. The molecule has 0 N–H and O–H groups in total. The van der Waals surface area contributed by atoms with Gasteiger partial charge in [0.25, 0.3) is 0 Å². The quantitative estimate of drug-likeness (QED) is 0.732. The van der Waals surface area contributed by atoms with Gasteiger partial charge in [0, 0.05) is 23.2 Å². The predicted octanol–water partition coefficient (Wildman–Crippen LogP) is 3.26. The van der Waals surface area contributed by atoms with Crippen LogP contribution in [0.2, 0.25) is 0 Å². The molecule has 0 bridgehead atoms. The Morgan fingerprint density at radius 1 is 1.12 bits per heavy atom. The van der Waals surface area contributed by atoms with Gasteiger partial charge >= 0.3 is 0 Å². The molecule has 0 atom stereocenters. The highest BCUT2D eigenvalue weighted by Crippen LogP contribution is 2.37. The zero-order chi connectivity index (χ0) is 11.3. The Labute approximate surface area is 94.6 Å². The molecular weight excluding hydrogens is 202 g/mol. The minimum absolute atomic E-state index is 0.336. The van der Waals surface area contributed by atoms with Gasteiger partial charge in [0.05, 0.1) is 5.52 Å². The average molecular weight is 217 g/mol. The van der Waals surface area contributed by atoms with E-state index < -0.39 is 0 Å². The van der Waals surface area contributed by atoms with E-state index in [1.165, 1.54) is 16.6 Å². The molecule has 0 amide bonds. The second-order valence-electron chi connectivity index (χ2n) is 4.51. The van der Waals surface area contributed by atoms with Crippen LogP contribution in [0, 0.1) is 6.92 Å². The Hall–Kier alpha value is -1.64. The first-order valence-electron chi connectivity index (χ1n) is 5.58. The van der Waals surface area contributed by atoms with E-state index in [0.717, 1.165) is 11.5 Å². The largest absolute Gasteiger partial charge is 0.454 e. The number of nitrogens with zero attached hydrogens (tertiary/aromatic N) is 1. The lowest BCUT2D eigenvalue weighted by Gasteiger charge is -2.12. The molecule has 0 radical (unpaired) electrons. The van der Waals surface area contributed by atoms with Crippen molar-refractivity contribution in [3.63, 3.8) is 0 Å². The molecule has 3 nitrogen and oxygen atoms in total. The Kier molecular flexibility index (Phi) is 1.90. The van der Waals surface area contributed by atoms with Crippen molar-refractivity contribution in [2.45, 2.75) is 26.8 Å². The highest BCUT2D eigenvalue weighted by atomic mass is 16.7. The Morgan fingerprint density at radius 3 is 2.50 bits per heavy atom. The number of hydrogen-bond acceptors (Lipinski definition) is 2. The van der Waals surface area contributed by atoms with Crippen molar-refractivity contribution in [3.8, 4) is 11.5 Å². The summed E-state index contributed by atoms with van der Waals surface area (Å²) in [5.74, 6) is 1.71. The van der Waals surface area contributed by atoms with Crippen LogP contribution in [0.15, 0.2) is 18.2 Å². The van der Waals surface area contributed by atoms with Crippen molar-refractivity contribution in [3.05, 3.63) is 23.9 Å². The average Bonchev–Trinajstić information content (AvgIpc) is 2.75. The van der Waals surface area contributed by atoms with E-state index >= 15 is 0 Å². The summed E-state index contributed by atoms with van der Waals surface area (Å²) in [4.78, 5) is 0. The molecule has 16 heavy (non-hydrogen) atoms. The summed E-state index contributed by atoms with van der Waals surface area (Å²) in [6.45, 7) is 6.85. The highest BCUT2D eigenvalue weighted by molar-refractivity contribution is 5.85. The van der Waals surface area contributed by atoms with Gasteiger partial charge in [0.1, 0.15) is 0 Å². The fourth-order valence-corrected chi connectivity index (χ4v) is 2.44. The summed E-state index contributed by atoms with van der Waals surface area (Å²) < 4.78 is 13.1. The van der Waals surface area contributed by atoms with Crippen molar-refractivity contribution < 1.29 is 9.47 Å². The Balaban J connectivity index is 2.31. The molecule has 3 rings (SSSR count). The van der Waals surface area contributed by atoms with Gasteiger partial charge in [-0.05, 0) is 32.9 Å². The topological polar surface area (TPSA) is 23.4 Å². The summed E-state index contributed by atoms with van der Waals surface area (Å²) in [5, 5.41) is 1.22. The van der Waals surface area contributed by atoms with E-state index in [4.69, 9.17) is 9.47 Å². The molecule has 2 heterocycles. The van der Waals surface area contributed by atoms with Crippen molar-refractivity contribution >= 4 is 10.9 Å². The molecule has 1 aliphatic heterocycles. The number of ether oxygens (including phenoxy) is 2. The summed E-state index contributed by atoms with van der Waals surface area (Å²) in [6.07, 6.45) is 0. The standard InChI is InChI=1S/C13H15NO2/c1-8(2)14-9(3)4-10-5-12-13(6-11(10)14)16-7-15-12/h4-6,8H,7H2,1-3H3. The molecule has 1 aromatic heterocycles. The van der Waals surface area contributed by atoms with E-state index in [-0.39, 0.29) is 0 Å². The number of aryl methyl sites for hydroxylation is 1. The van der Waals surface area contributed by atoms with Gasteiger partial charge in [-0.25, -0.2) is 0 Å². The molecule has 0 saturated carbocycles. The first-order chi connectivity index (χ1) is 7.66. The minimum atomic E-state index is 0.336. The van der Waals surface area contributed by atoms with Crippen LogP contribution < -0.4 is 9.47 Å². The molecular formula is C13H15NO2. The lowest BCUT2D eigenvalue weighted by molar-refractivity contribution is 0.174. The fraction of sp³-hybridized carbons (Fsp3) is 0.385. The van der Waals surface area contributed by atoms with Gasteiger partial charge in [0.2, 0.25) is 6.79 Å². The second kappa shape index (κ2) is 3.17. The molecule has 0 spiro atoms. The summed E-state index contributed by atoms with van der Waals surface area (Å²) >= 11 is 0. The zero-order valence-electron chi connectivity index (χ0n) is 9.78. The summed E-state index contributed by atoms with van der Waals surface area (Å²) in [5.41, 5.74) is 2.49. The smallest absolute Gasteiger partial charge is 0.231 e. The lowest BCUT2D eigenvalue weighted by atomic mass is 10.2. The molecule has 0 unspecified atom stereocenters. The lowest BCUT2D eigenvalue weighted by Crippen LogP contribution is -2.01. The molecule has 1 aliphatic rings. The summed E-state index contributed by atoms with van der Waals surface area (Å²) in [7, 11) is 0. The van der Waals surface area contributed by atoms with Crippen LogP contribution in [0.1, 0.15) is 25.6 Å². The molecule has 84 valence electrons. The molecule has 0 aliphatic carbocycles. The Bertz CT molecular complexity index is 555. The number of fused-ring (bicyclic) bond motifs is 2. The van der Waals surface area contributed by atoms with Crippen LogP contribution >= 0.6 is 0 Å². The van der Waals surface area contributed by atoms with Gasteiger partial charge in [0.15, 0.2) is 11.5 Å². The van der Waals surface area contributed by atoms with E-state index in [2.05, 4.69) is 43.5 Å². The van der Waals surface area contributed by atoms with Crippen LogP contribution in [0.5, 0.6) is 11.5 Å². The number of hydrogen-bond donors (Lipinski definition) is 0. The van der Waals surface area contributed by atoms with Crippen LogP contribution in [0.25, 0.3) is 10.9 Å². The van der Waals surface area contributed by atoms with Gasteiger partial charge in [-0.15, -0.1) is 0 Å². The van der Waals surface area contributed by atoms with Gasteiger partial charge in [-0.3, -0.25) is 0 Å². The monoisotopic (exact) mass is 217 g/mol. The summed E-state index contributed by atoms with van der Waals surface area (Å²) in [6, 6.07) is 6.78. The molecule has 1 aromatic carbocycles. The molecule has 2 aromatic rings. The first-order valence-corrected chi connectivity index (χ1v) is 5.58. The van der Waals surface area contributed by atoms with Crippen molar-refractivity contribution in [2.75, 3.05) is 6.79 Å². The zero-order valence-corrected chi connectivity index (χ0v) is 9.78. The van der Waals surface area contributed by atoms with Crippen LogP contribution in [0.4, 0.5) is 0 Å². The van der Waals surface area contributed by atoms with Crippen molar-refractivity contribution in [1.29, 1.82) is 0 Å². The van der Waals surface area contributed by atoms with Crippen LogP contribution in [-0.2, 0) is 0 Å². The minimum Gasteiger partial charge on any atom is -0.454 e. The van der Waals surface area contributed by atoms with E-state index in [9.17, 15) is 0 Å². The highest BCUT2D eigenvalue weighted by Gasteiger charge is 2.17. The fourth-order valence-electron chi connectivity index (χ4n) is 2.44. The van der Waals surface area contributed by atoms with Gasteiger partial charge in [-0.1, -0.05) is 0 Å². The van der Waals surface area contributed by atoms with Crippen molar-refractivity contribution in [1.82, 2.24) is 4.57 Å². The van der Waals surface area contributed by atoms with Crippen molar-refractivity contribution in [2.24, 2.45) is 0 Å².